The van der Waals surface area contributed by atoms with Crippen LogP contribution in [0.3, 0.4) is 0 Å². The van der Waals surface area contributed by atoms with E-state index in [-0.39, 0.29) is 22.8 Å². The Kier molecular flexibility index (Phi) is 36.8. The number of esters is 2. The van der Waals surface area contributed by atoms with Gasteiger partial charge in [0.2, 0.25) is 0 Å². The first-order valence-corrected chi connectivity index (χ1v) is 20.2. The molecule has 0 aromatic heterocycles. The van der Waals surface area contributed by atoms with E-state index in [1.807, 2.05) is 0 Å². The quantitative estimate of drug-likeness (QED) is 0.0445. The van der Waals surface area contributed by atoms with Crippen LogP contribution in [-0.4, -0.2) is 56.7 Å². The Morgan fingerprint density at radius 1 is 0.500 bits per heavy atom. The lowest BCUT2D eigenvalue weighted by Gasteiger charge is -2.17. The summed E-state index contributed by atoms with van der Waals surface area (Å²) in [6.07, 6.45) is 26.8. The van der Waals surface area contributed by atoms with Crippen LogP contribution < -0.4 is 0 Å². The summed E-state index contributed by atoms with van der Waals surface area (Å²) in [6.45, 7) is 10.8. The molecule has 6 nitrogen and oxygen atoms in total. The highest BCUT2D eigenvalue weighted by molar-refractivity contribution is 7.99. The number of rotatable bonds is 30. The maximum absolute atomic E-state index is 11.0. The maximum Gasteiger partial charge on any atom is 0.303 e. The summed E-state index contributed by atoms with van der Waals surface area (Å²) in [5, 5.41) is 18.8. The molecule has 0 radical (unpaired) electrons. The van der Waals surface area contributed by atoms with Crippen LogP contribution in [-0.2, 0) is 19.1 Å². The molecule has 0 saturated carbocycles. The van der Waals surface area contributed by atoms with Crippen molar-refractivity contribution >= 4 is 35.5 Å². The predicted molar refractivity (Wildman–Crippen MR) is 192 cm³/mol. The number of unbranched alkanes of at least 4 members (excludes halogenated alkanes) is 18. The van der Waals surface area contributed by atoms with Gasteiger partial charge in [-0.2, -0.15) is 0 Å². The lowest BCUT2D eigenvalue weighted by molar-refractivity contribution is -0.144. The topological polar surface area (TPSA) is 93.1 Å². The molecule has 0 amide bonds. The molecule has 264 valence electrons. The maximum atomic E-state index is 11.0. The number of carbonyl (C=O) groups is 2. The van der Waals surface area contributed by atoms with E-state index in [0.29, 0.717) is 12.8 Å². The normalized spacial score (nSPS) is 13.8. The third kappa shape index (κ3) is 39.6. The first-order valence-electron chi connectivity index (χ1n) is 18.1. The highest BCUT2D eigenvalue weighted by Crippen LogP contribution is 2.22. The monoisotopic (exact) mass is 664 g/mol. The Balaban J connectivity index is 0. The molecule has 0 rings (SSSR count). The van der Waals surface area contributed by atoms with E-state index in [0.717, 1.165) is 24.3 Å². The van der Waals surface area contributed by atoms with Crippen molar-refractivity contribution in [3.8, 4) is 0 Å². The number of hydrogen-bond acceptors (Lipinski definition) is 8. The van der Waals surface area contributed by atoms with E-state index in [9.17, 15) is 19.8 Å². The highest BCUT2D eigenvalue weighted by atomic mass is 32.2. The molecule has 0 aromatic rings. The summed E-state index contributed by atoms with van der Waals surface area (Å²) in [7, 11) is 0. The molecule has 0 aliphatic carbocycles. The van der Waals surface area contributed by atoms with Gasteiger partial charge in [0.1, 0.15) is 10.9 Å². The van der Waals surface area contributed by atoms with Crippen LogP contribution in [0.15, 0.2) is 0 Å². The van der Waals surface area contributed by atoms with Crippen LogP contribution in [0.2, 0.25) is 0 Å². The zero-order valence-corrected chi connectivity index (χ0v) is 31.3. The second kappa shape index (κ2) is 35.4. The number of carbonyl (C=O) groups excluding carboxylic acids is 2. The number of aliphatic hydroxyl groups excluding tert-OH is 2. The SMILES string of the molecule is CCCCCCCCCCCCSC(CC(C)O)OC(C)=O.CCCCCCCCCCCCSC(CC(C)O)OC(C)=O. The number of thioether (sulfide) groups is 2. The van der Waals surface area contributed by atoms with Gasteiger partial charge in [-0.05, 0) is 38.2 Å². The Morgan fingerprint density at radius 2 is 0.750 bits per heavy atom. The van der Waals surface area contributed by atoms with Crippen molar-refractivity contribution in [3.05, 3.63) is 0 Å². The third-order valence-electron chi connectivity index (χ3n) is 7.27. The summed E-state index contributed by atoms with van der Waals surface area (Å²) in [6, 6.07) is 0. The molecule has 0 aromatic carbocycles. The van der Waals surface area contributed by atoms with E-state index in [2.05, 4.69) is 13.8 Å². The molecule has 4 unspecified atom stereocenters. The smallest absolute Gasteiger partial charge is 0.303 e. The minimum Gasteiger partial charge on any atom is -0.451 e. The van der Waals surface area contributed by atoms with Gasteiger partial charge in [0.15, 0.2) is 0 Å². The van der Waals surface area contributed by atoms with Crippen LogP contribution in [0.25, 0.3) is 0 Å². The zero-order chi connectivity index (χ0) is 33.3. The predicted octanol–water partition coefficient (Wildman–Crippen LogP) is 10.6. The van der Waals surface area contributed by atoms with Crippen molar-refractivity contribution in [3.63, 3.8) is 0 Å². The van der Waals surface area contributed by atoms with Gasteiger partial charge >= 0.3 is 11.9 Å². The average Bonchev–Trinajstić information content (AvgIpc) is 2.93. The van der Waals surface area contributed by atoms with Crippen molar-refractivity contribution < 1.29 is 29.3 Å². The van der Waals surface area contributed by atoms with Gasteiger partial charge in [-0.25, -0.2) is 0 Å². The molecule has 0 aliphatic rings. The molecule has 0 heterocycles. The third-order valence-corrected chi connectivity index (χ3v) is 9.63. The van der Waals surface area contributed by atoms with Crippen LogP contribution in [0.5, 0.6) is 0 Å². The van der Waals surface area contributed by atoms with Gasteiger partial charge in [-0.15, -0.1) is 23.5 Å². The van der Waals surface area contributed by atoms with Crippen molar-refractivity contribution in [1.82, 2.24) is 0 Å². The molecule has 44 heavy (non-hydrogen) atoms. The van der Waals surface area contributed by atoms with Crippen LogP contribution in [0.1, 0.15) is 183 Å². The fourth-order valence-corrected chi connectivity index (χ4v) is 7.34. The van der Waals surface area contributed by atoms with E-state index >= 15 is 0 Å². The lowest BCUT2D eigenvalue weighted by Crippen LogP contribution is -2.18. The molecule has 4 atom stereocenters. The van der Waals surface area contributed by atoms with E-state index in [4.69, 9.17) is 9.47 Å². The van der Waals surface area contributed by atoms with Crippen molar-refractivity contribution in [1.29, 1.82) is 0 Å². The van der Waals surface area contributed by atoms with Crippen molar-refractivity contribution in [2.24, 2.45) is 0 Å². The molecule has 8 heteroatoms. The molecule has 0 saturated heterocycles. The van der Waals surface area contributed by atoms with Gasteiger partial charge in [-0.3, -0.25) is 9.59 Å². The Morgan fingerprint density at radius 3 is 0.977 bits per heavy atom. The van der Waals surface area contributed by atoms with E-state index in [1.165, 1.54) is 129 Å². The van der Waals surface area contributed by atoms with Crippen molar-refractivity contribution in [2.75, 3.05) is 11.5 Å². The highest BCUT2D eigenvalue weighted by Gasteiger charge is 2.16. The first kappa shape index (κ1) is 45.7. The second-order valence-electron chi connectivity index (χ2n) is 12.4. The summed E-state index contributed by atoms with van der Waals surface area (Å²) in [5.74, 6) is 1.48. The summed E-state index contributed by atoms with van der Waals surface area (Å²) in [5.41, 5.74) is -0.396. The van der Waals surface area contributed by atoms with E-state index in [1.54, 1.807) is 37.4 Å². The summed E-state index contributed by atoms with van der Waals surface area (Å²) >= 11 is 3.31. The van der Waals surface area contributed by atoms with Gasteiger partial charge in [0.25, 0.3) is 0 Å². The molecular formula is C36H72O6S2. The average molecular weight is 665 g/mol. The fourth-order valence-electron chi connectivity index (χ4n) is 4.84. The zero-order valence-electron chi connectivity index (χ0n) is 29.6. The minimum absolute atomic E-state index is 0.198. The summed E-state index contributed by atoms with van der Waals surface area (Å²) in [4.78, 5) is 22.0. The Labute approximate surface area is 281 Å². The Bertz CT molecular complexity index is 565. The molecule has 0 spiro atoms. The number of ether oxygens (including phenoxy) is 2. The van der Waals surface area contributed by atoms with Crippen LogP contribution >= 0.6 is 23.5 Å². The van der Waals surface area contributed by atoms with Gasteiger partial charge in [-0.1, -0.05) is 129 Å². The minimum atomic E-state index is -0.426. The molecule has 0 bridgehead atoms. The summed E-state index contributed by atoms with van der Waals surface area (Å²) < 4.78 is 10.4. The van der Waals surface area contributed by atoms with Crippen LogP contribution in [0.4, 0.5) is 0 Å². The first-order chi connectivity index (χ1) is 21.1. The van der Waals surface area contributed by atoms with Crippen LogP contribution in [0, 0.1) is 0 Å². The molecule has 0 fully saturated rings. The van der Waals surface area contributed by atoms with Gasteiger partial charge < -0.3 is 19.7 Å². The van der Waals surface area contributed by atoms with E-state index < -0.39 is 12.2 Å². The molecular weight excluding hydrogens is 593 g/mol. The lowest BCUT2D eigenvalue weighted by atomic mass is 10.1. The number of hydrogen-bond donors (Lipinski definition) is 2. The number of aliphatic hydroxyl groups is 2. The second-order valence-corrected chi connectivity index (χ2v) is 14.9. The standard InChI is InChI=1S/2C18H36O3S/c2*1-4-5-6-7-8-9-10-11-12-13-14-22-18(15-16(2)19)21-17(3)20/h2*16,18-19H,4-15H2,1-3H3. The fraction of sp³-hybridized carbons (Fsp3) is 0.944. The van der Waals surface area contributed by atoms with Gasteiger partial charge in [0, 0.05) is 26.7 Å². The van der Waals surface area contributed by atoms with Gasteiger partial charge in [0.05, 0.1) is 12.2 Å². The largest absolute Gasteiger partial charge is 0.451 e. The molecule has 2 N–H and O–H groups in total. The molecule has 0 aliphatic heterocycles. The van der Waals surface area contributed by atoms with Crippen molar-refractivity contribution in [2.45, 2.75) is 206 Å². The Hall–Kier alpha value is -0.440.